The summed E-state index contributed by atoms with van der Waals surface area (Å²) in [5.41, 5.74) is 1.72. The molecular formula is C19H27N5O. The molecule has 2 aliphatic rings. The molecular weight excluding hydrogens is 314 g/mol. The van der Waals surface area contributed by atoms with Crippen molar-refractivity contribution >= 4 is 5.91 Å². The van der Waals surface area contributed by atoms with Crippen LogP contribution in [0.15, 0.2) is 24.5 Å². The van der Waals surface area contributed by atoms with Gasteiger partial charge in [-0.2, -0.15) is 10.2 Å². The first kappa shape index (κ1) is 16.4. The molecule has 2 aromatic heterocycles. The summed E-state index contributed by atoms with van der Waals surface area (Å²) < 4.78 is 3.98. The highest BCUT2D eigenvalue weighted by molar-refractivity contribution is 5.93. The van der Waals surface area contributed by atoms with E-state index in [9.17, 15) is 4.79 Å². The van der Waals surface area contributed by atoms with Crippen molar-refractivity contribution in [3.63, 3.8) is 0 Å². The fraction of sp³-hybridized carbons (Fsp3) is 0.632. The topological polar surface area (TPSA) is 56.0 Å². The average Bonchev–Trinajstić information content (AvgIpc) is 2.99. The minimum atomic E-state index is -0.101. The minimum absolute atomic E-state index is 0.0690. The van der Waals surface area contributed by atoms with Gasteiger partial charge in [0.1, 0.15) is 0 Å². The summed E-state index contributed by atoms with van der Waals surface area (Å²) in [7, 11) is 0. The summed E-state index contributed by atoms with van der Waals surface area (Å²) in [6.45, 7) is 8.02. The first-order valence-corrected chi connectivity index (χ1v) is 9.32. The van der Waals surface area contributed by atoms with Crippen LogP contribution in [0.25, 0.3) is 0 Å². The van der Waals surface area contributed by atoms with E-state index in [2.05, 4.69) is 30.6 Å². The number of hydrogen-bond donors (Lipinski definition) is 0. The summed E-state index contributed by atoms with van der Waals surface area (Å²) in [6.07, 6.45) is 8.24. The van der Waals surface area contributed by atoms with Gasteiger partial charge in [0.05, 0.1) is 18.1 Å². The molecule has 0 aromatic carbocycles. The third-order valence-electron chi connectivity index (χ3n) is 5.18. The van der Waals surface area contributed by atoms with E-state index in [1.54, 1.807) is 6.20 Å². The maximum Gasteiger partial charge on any atom is 0.274 e. The van der Waals surface area contributed by atoms with Gasteiger partial charge < -0.3 is 4.90 Å². The molecule has 2 fully saturated rings. The van der Waals surface area contributed by atoms with Crippen LogP contribution in [-0.2, 0) is 12.1 Å². The molecule has 134 valence electrons. The number of likely N-dealkylation sites (tertiary alicyclic amines) is 1. The smallest absolute Gasteiger partial charge is 0.274 e. The zero-order valence-corrected chi connectivity index (χ0v) is 15.4. The summed E-state index contributed by atoms with van der Waals surface area (Å²) in [5.74, 6) is 0.645. The van der Waals surface area contributed by atoms with Crippen LogP contribution in [0, 0.1) is 0 Å². The number of rotatable bonds is 4. The van der Waals surface area contributed by atoms with Gasteiger partial charge in [0.15, 0.2) is 5.69 Å². The third kappa shape index (κ3) is 3.22. The maximum absolute atomic E-state index is 13.1. The van der Waals surface area contributed by atoms with E-state index in [-0.39, 0.29) is 17.5 Å². The fourth-order valence-corrected chi connectivity index (χ4v) is 3.77. The van der Waals surface area contributed by atoms with Crippen molar-refractivity contribution in [2.75, 3.05) is 6.54 Å². The highest BCUT2D eigenvalue weighted by atomic mass is 16.2. The van der Waals surface area contributed by atoms with Gasteiger partial charge in [-0.1, -0.05) is 0 Å². The van der Waals surface area contributed by atoms with Crippen LogP contribution < -0.4 is 0 Å². The lowest BCUT2D eigenvalue weighted by atomic mass is 10.1. The number of aromatic nitrogens is 4. The van der Waals surface area contributed by atoms with E-state index in [1.165, 1.54) is 18.5 Å². The average molecular weight is 341 g/mol. The SMILES string of the molecule is CC(C)(C)n1nc(C(=O)N2CCC[C@H]2Cn2cccn2)cc1C1CC1. The second-order valence-corrected chi connectivity index (χ2v) is 8.33. The van der Waals surface area contributed by atoms with Gasteiger partial charge in [0.25, 0.3) is 5.91 Å². The van der Waals surface area contributed by atoms with Crippen LogP contribution in [-0.4, -0.2) is 43.0 Å². The molecule has 1 saturated carbocycles. The Morgan fingerprint density at radius 3 is 2.72 bits per heavy atom. The molecule has 1 amide bonds. The van der Waals surface area contributed by atoms with E-state index in [1.807, 2.05) is 27.9 Å². The molecule has 0 radical (unpaired) electrons. The van der Waals surface area contributed by atoms with Gasteiger partial charge in [-0.25, -0.2) is 0 Å². The molecule has 1 atom stereocenters. The van der Waals surface area contributed by atoms with Crippen LogP contribution >= 0.6 is 0 Å². The van der Waals surface area contributed by atoms with Gasteiger partial charge in [-0.15, -0.1) is 0 Å². The monoisotopic (exact) mass is 341 g/mol. The third-order valence-corrected chi connectivity index (χ3v) is 5.18. The van der Waals surface area contributed by atoms with Crippen molar-refractivity contribution in [2.45, 2.75) is 70.5 Å². The molecule has 3 heterocycles. The fourth-order valence-electron chi connectivity index (χ4n) is 3.77. The van der Waals surface area contributed by atoms with Gasteiger partial charge in [-0.05, 0) is 58.6 Å². The Bertz CT molecular complexity index is 751. The van der Waals surface area contributed by atoms with Crippen molar-refractivity contribution in [3.05, 3.63) is 35.9 Å². The predicted octanol–water partition coefficient (Wildman–Crippen LogP) is 3.02. The van der Waals surface area contributed by atoms with Crippen LogP contribution in [0.5, 0.6) is 0 Å². The molecule has 0 bridgehead atoms. The first-order valence-electron chi connectivity index (χ1n) is 9.32. The van der Waals surface area contributed by atoms with Gasteiger partial charge in [0, 0.05) is 30.6 Å². The van der Waals surface area contributed by atoms with Gasteiger partial charge in [0.2, 0.25) is 0 Å². The van der Waals surface area contributed by atoms with Gasteiger partial charge in [-0.3, -0.25) is 14.2 Å². The molecule has 2 aromatic rings. The van der Waals surface area contributed by atoms with E-state index >= 15 is 0 Å². The van der Waals surface area contributed by atoms with Crippen molar-refractivity contribution in [1.82, 2.24) is 24.5 Å². The molecule has 0 N–H and O–H groups in total. The lowest BCUT2D eigenvalue weighted by Gasteiger charge is -2.24. The van der Waals surface area contributed by atoms with Crippen LogP contribution in [0.2, 0.25) is 0 Å². The highest BCUT2D eigenvalue weighted by Crippen LogP contribution is 2.42. The normalized spacial score (nSPS) is 21.1. The predicted molar refractivity (Wildman–Crippen MR) is 95.5 cm³/mol. The Morgan fingerprint density at radius 1 is 1.28 bits per heavy atom. The number of hydrogen-bond acceptors (Lipinski definition) is 3. The van der Waals surface area contributed by atoms with Crippen molar-refractivity contribution in [3.8, 4) is 0 Å². The van der Waals surface area contributed by atoms with Crippen LogP contribution in [0.3, 0.4) is 0 Å². The zero-order valence-electron chi connectivity index (χ0n) is 15.4. The summed E-state index contributed by atoms with van der Waals surface area (Å²) in [5, 5.41) is 9.01. The van der Waals surface area contributed by atoms with E-state index in [0.717, 1.165) is 25.9 Å². The highest BCUT2D eigenvalue weighted by Gasteiger charge is 2.35. The van der Waals surface area contributed by atoms with Crippen molar-refractivity contribution in [2.24, 2.45) is 0 Å². The van der Waals surface area contributed by atoms with E-state index in [0.29, 0.717) is 11.6 Å². The molecule has 0 unspecified atom stereocenters. The maximum atomic E-state index is 13.1. The summed E-state index contributed by atoms with van der Waals surface area (Å²) >= 11 is 0. The van der Waals surface area contributed by atoms with Crippen LogP contribution in [0.1, 0.15) is 68.6 Å². The Kier molecular flexibility index (Phi) is 3.93. The Morgan fingerprint density at radius 2 is 2.08 bits per heavy atom. The lowest BCUT2D eigenvalue weighted by Crippen LogP contribution is -2.38. The lowest BCUT2D eigenvalue weighted by molar-refractivity contribution is 0.0714. The summed E-state index contributed by atoms with van der Waals surface area (Å²) in [4.78, 5) is 15.1. The number of carbonyl (C=O) groups is 1. The Hall–Kier alpha value is -2.11. The first-order chi connectivity index (χ1) is 11.9. The van der Waals surface area contributed by atoms with E-state index < -0.39 is 0 Å². The van der Waals surface area contributed by atoms with Crippen molar-refractivity contribution in [1.29, 1.82) is 0 Å². The quantitative estimate of drug-likeness (QED) is 0.859. The Labute approximate surface area is 148 Å². The summed E-state index contributed by atoms with van der Waals surface area (Å²) in [6, 6.07) is 4.17. The number of carbonyl (C=O) groups excluding carboxylic acids is 1. The minimum Gasteiger partial charge on any atom is -0.332 e. The van der Waals surface area contributed by atoms with Crippen LogP contribution in [0.4, 0.5) is 0 Å². The molecule has 6 nitrogen and oxygen atoms in total. The number of nitrogens with zero attached hydrogens (tertiary/aromatic N) is 5. The standard InChI is InChI=1S/C19H27N5O/c1-19(2,3)24-17(14-7-8-14)12-16(21-24)18(25)23-11-4-6-15(23)13-22-10-5-9-20-22/h5,9-10,12,14-15H,4,6-8,11,13H2,1-3H3/t15-/m0/s1. The molecule has 25 heavy (non-hydrogen) atoms. The molecule has 6 heteroatoms. The molecule has 1 saturated heterocycles. The molecule has 1 aliphatic heterocycles. The molecule has 1 aliphatic carbocycles. The second kappa shape index (κ2) is 6.00. The molecule has 0 spiro atoms. The molecule has 4 rings (SSSR count). The van der Waals surface area contributed by atoms with E-state index in [4.69, 9.17) is 5.10 Å². The largest absolute Gasteiger partial charge is 0.332 e. The van der Waals surface area contributed by atoms with Gasteiger partial charge >= 0.3 is 0 Å². The number of amides is 1. The van der Waals surface area contributed by atoms with Crippen molar-refractivity contribution < 1.29 is 4.79 Å². The second-order valence-electron chi connectivity index (χ2n) is 8.33. The zero-order chi connectivity index (χ0) is 17.6. The Balaban J connectivity index is 1.57.